The molecular formula is C21H24F3NO2. The zero-order chi connectivity index (χ0) is 20.2. The molecule has 0 amide bonds. The quantitative estimate of drug-likeness (QED) is 0.757. The van der Waals surface area contributed by atoms with Crippen molar-refractivity contribution in [2.45, 2.75) is 51.4 Å². The lowest BCUT2D eigenvalue weighted by atomic mass is 9.84. The third-order valence-corrected chi connectivity index (χ3v) is 4.83. The van der Waals surface area contributed by atoms with Gasteiger partial charge in [-0.05, 0) is 55.9 Å². The summed E-state index contributed by atoms with van der Waals surface area (Å²) < 4.78 is 38.5. The van der Waals surface area contributed by atoms with Gasteiger partial charge in [0.1, 0.15) is 0 Å². The molecule has 1 saturated heterocycles. The Morgan fingerprint density at radius 1 is 1.37 bits per heavy atom. The van der Waals surface area contributed by atoms with Gasteiger partial charge in [-0.25, -0.2) is 0 Å². The molecule has 3 nitrogen and oxygen atoms in total. The number of hydrogen-bond donors (Lipinski definition) is 1. The van der Waals surface area contributed by atoms with Gasteiger partial charge in [-0.1, -0.05) is 30.6 Å². The molecule has 146 valence electrons. The van der Waals surface area contributed by atoms with Crippen LogP contribution in [-0.2, 0) is 11.0 Å². The number of aliphatic carboxylic acids is 1. The van der Waals surface area contributed by atoms with E-state index in [1.54, 1.807) is 0 Å². The summed E-state index contributed by atoms with van der Waals surface area (Å²) in [6, 6.07) is 4.86. The number of nitrogens with zero attached hydrogens (tertiary/aromatic N) is 1. The zero-order valence-corrected chi connectivity index (χ0v) is 15.5. The Balaban J connectivity index is 2.29. The van der Waals surface area contributed by atoms with E-state index in [1.165, 1.54) is 12.1 Å². The molecule has 0 saturated carbocycles. The van der Waals surface area contributed by atoms with Crippen LogP contribution < -0.4 is 0 Å². The molecular weight excluding hydrogens is 355 g/mol. The van der Waals surface area contributed by atoms with Crippen molar-refractivity contribution >= 4 is 5.97 Å². The average molecular weight is 379 g/mol. The second kappa shape index (κ2) is 8.62. The van der Waals surface area contributed by atoms with E-state index in [9.17, 15) is 18.0 Å². The third-order valence-electron chi connectivity index (χ3n) is 4.83. The number of allylic oxidation sites excluding steroid dienone is 1. The standard InChI is InChI=1S/C21H24F3NO2/c1-14(2)4-5-15(3)25-11-10-16(13-20(26)27)12-19(25)17-6-8-18(9-7-17)21(22,23)24/h6-9,15-16,19H,1,10-13H2,2-3H3,(H,26,27)/t15-,16+,19-/m0/s1. The first-order valence-corrected chi connectivity index (χ1v) is 8.89. The predicted octanol–water partition coefficient (Wildman–Crippen LogP) is 4.90. The first-order chi connectivity index (χ1) is 12.6. The van der Waals surface area contributed by atoms with Crippen LogP contribution in [-0.4, -0.2) is 28.6 Å². The van der Waals surface area contributed by atoms with Crippen LogP contribution in [0.15, 0.2) is 36.4 Å². The summed E-state index contributed by atoms with van der Waals surface area (Å²) in [7, 11) is 0. The topological polar surface area (TPSA) is 40.5 Å². The van der Waals surface area contributed by atoms with Crippen LogP contribution in [0.2, 0.25) is 0 Å². The van der Waals surface area contributed by atoms with Crippen LogP contribution in [0.1, 0.15) is 50.3 Å². The van der Waals surface area contributed by atoms with Crippen molar-refractivity contribution in [3.05, 3.63) is 47.5 Å². The van der Waals surface area contributed by atoms with Gasteiger partial charge >= 0.3 is 12.1 Å². The Morgan fingerprint density at radius 3 is 2.52 bits per heavy atom. The van der Waals surface area contributed by atoms with Crippen molar-refractivity contribution in [3.63, 3.8) is 0 Å². The Kier molecular flexibility index (Phi) is 6.72. The highest BCUT2D eigenvalue weighted by Gasteiger charge is 2.34. The van der Waals surface area contributed by atoms with Gasteiger partial charge in [-0.15, -0.1) is 0 Å². The molecule has 1 N–H and O–H groups in total. The largest absolute Gasteiger partial charge is 0.481 e. The molecule has 1 aromatic carbocycles. The van der Waals surface area contributed by atoms with Gasteiger partial charge < -0.3 is 5.11 Å². The fourth-order valence-electron chi connectivity index (χ4n) is 3.48. The molecule has 0 aliphatic carbocycles. The molecule has 2 rings (SSSR count). The Bertz CT molecular complexity index is 743. The minimum absolute atomic E-state index is 0.00709. The fourth-order valence-corrected chi connectivity index (χ4v) is 3.48. The molecule has 27 heavy (non-hydrogen) atoms. The summed E-state index contributed by atoms with van der Waals surface area (Å²) in [4.78, 5) is 13.2. The third kappa shape index (κ3) is 5.86. The van der Waals surface area contributed by atoms with E-state index in [-0.39, 0.29) is 24.4 Å². The van der Waals surface area contributed by atoms with Crippen molar-refractivity contribution in [1.82, 2.24) is 4.90 Å². The minimum atomic E-state index is -4.38. The number of piperidine rings is 1. The summed E-state index contributed by atoms with van der Waals surface area (Å²) in [5.74, 6) is 5.22. The number of benzene rings is 1. The Morgan fingerprint density at radius 2 is 2.00 bits per heavy atom. The Hall–Kier alpha value is -2.26. The molecule has 1 aliphatic rings. The summed E-state index contributed by atoms with van der Waals surface area (Å²) >= 11 is 0. The van der Waals surface area contributed by atoms with Crippen LogP contribution in [0.4, 0.5) is 13.2 Å². The summed E-state index contributed by atoms with van der Waals surface area (Å²) in [5, 5.41) is 9.10. The summed E-state index contributed by atoms with van der Waals surface area (Å²) in [5.41, 5.74) is 0.807. The zero-order valence-electron chi connectivity index (χ0n) is 15.5. The molecule has 0 spiro atoms. The van der Waals surface area contributed by atoms with Gasteiger partial charge in [0.25, 0.3) is 0 Å². The number of carboxylic acids is 1. The Labute approximate surface area is 157 Å². The summed E-state index contributed by atoms with van der Waals surface area (Å²) in [6.07, 6.45) is -3.01. The van der Waals surface area contributed by atoms with Gasteiger partial charge in [0.2, 0.25) is 0 Å². The van der Waals surface area contributed by atoms with Gasteiger partial charge in [-0.3, -0.25) is 9.69 Å². The van der Waals surface area contributed by atoms with Crippen molar-refractivity contribution in [3.8, 4) is 11.8 Å². The molecule has 0 unspecified atom stereocenters. The number of rotatable bonds is 4. The maximum absolute atomic E-state index is 12.8. The lowest BCUT2D eigenvalue weighted by molar-refractivity contribution is -0.139. The van der Waals surface area contributed by atoms with Crippen molar-refractivity contribution in [2.24, 2.45) is 5.92 Å². The number of halogens is 3. The maximum Gasteiger partial charge on any atom is 0.416 e. The van der Waals surface area contributed by atoms with Crippen molar-refractivity contribution in [1.29, 1.82) is 0 Å². The number of carboxylic acid groups (broad SMARTS) is 1. The molecule has 0 bridgehead atoms. The van der Waals surface area contributed by atoms with Crippen LogP contribution in [0.25, 0.3) is 0 Å². The number of hydrogen-bond acceptors (Lipinski definition) is 2. The molecule has 1 aromatic rings. The smallest absolute Gasteiger partial charge is 0.416 e. The van der Waals surface area contributed by atoms with Gasteiger partial charge in [-0.2, -0.15) is 13.2 Å². The van der Waals surface area contributed by atoms with Gasteiger partial charge in [0.15, 0.2) is 0 Å². The van der Waals surface area contributed by atoms with Gasteiger partial charge in [0.05, 0.1) is 11.6 Å². The van der Waals surface area contributed by atoms with Crippen LogP contribution >= 0.6 is 0 Å². The predicted molar refractivity (Wildman–Crippen MR) is 97.9 cm³/mol. The summed E-state index contributed by atoms with van der Waals surface area (Å²) in [6.45, 7) is 8.17. The SMILES string of the molecule is C=C(C)C#C[C@H](C)N1CC[C@@H](CC(=O)O)C[C@H]1c1ccc(C(F)(F)F)cc1. The highest BCUT2D eigenvalue weighted by atomic mass is 19.4. The number of alkyl halides is 3. The van der Waals surface area contributed by atoms with Crippen molar-refractivity contribution in [2.75, 3.05) is 6.54 Å². The molecule has 1 fully saturated rings. The lowest BCUT2D eigenvalue weighted by Gasteiger charge is -2.41. The van der Waals surface area contributed by atoms with Crippen LogP contribution in [0, 0.1) is 17.8 Å². The lowest BCUT2D eigenvalue weighted by Crippen LogP contribution is -2.42. The molecule has 6 heteroatoms. The average Bonchev–Trinajstić information content (AvgIpc) is 2.58. The van der Waals surface area contributed by atoms with E-state index in [4.69, 9.17) is 5.11 Å². The van der Waals surface area contributed by atoms with E-state index in [0.29, 0.717) is 13.0 Å². The van der Waals surface area contributed by atoms with Gasteiger partial charge in [0, 0.05) is 19.0 Å². The molecule has 0 aromatic heterocycles. The second-order valence-corrected chi connectivity index (χ2v) is 7.09. The monoisotopic (exact) mass is 379 g/mol. The normalized spacial score (nSPS) is 21.8. The molecule has 1 aliphatic heterocycles. The van der Waals surface area contributed by atoms with E-state index in [2.05, 4.69) is 23.3 Å². The molecule has 1 heterocycles. The molecule has 0 radical (unpaired) electrons. The van der Waals surface area contributed by atoms with E-state index < -0.39 is 17.7 Å². The maximum atomic E-state index is 12.8. The van der Waals surface area contributed by atoms with Crippen LogP contribution in [0.3, 0.4) is 0 Å². The first-order valence-electron chi connectivity index (χ1n) is 8.89. The van der Waals surface area contributed by atoms with E-state index in [0.717, 1.165) is 29.7 Å². The van der Waals surface area contributed by atoms with E-state index in [1.807, 2.05) is 13.8 Å². The van der Waals surface area contributed by atoms with Crippen LogP contribution in [0.5, 0.6) is 0 Å². The second-order valence-electron chi connectivity index (χ2n) is 7.09. The highest BCUT2D eigenvalue weighted by molar-refractivity contribution is 5.67. The highest BCUT2D eigenvalue weighted by Crippen LogP contribution is 2.38. The fraction of sp³-hybridized carbons (Fsp3) is 0.476. The first kappa shape index (κ1) is 21.0. The van der Waals surface area contributed by atoms with E-state index >= 15 is 0 Å². The van der Waals surface area contributed by atoms with Crippen molar-refractivity contribution < 1.29 is 23.1 Å². The number of likely N-dealkylation sites (tertiary alicyclic amines) is 1. The molecule has 3 atom stereocenters. The number of carbonyl (C=O) groups is 1. The minimum Gasteiger partial charge on any atom is -0.481 e.